The van der Waals surface area contributed by atoms with Crippen molar-refractivity contribution in [1.29, 1.82) is 0 Å². The molecule has 2 aromatic carbocycles. The van der Waals surface area contributed by atoms with Crippen LogP contribution in [-0.4, -0.2) is 145 Å². The Balaban J connectivity index is 1.29. The van der Waals surface area contributed by atoms with E-state index in [-0.39, 0.29) is 66.8 Å². The van der Waals surface area contributed by atoms with Gasteiger partial charge in [0, 0.05) is 56.1 Å². The van der Waals surface area contributed by atoms with Crippen molar-refractivity contribution < 1.29 is 73.2 Å². The van der Waals surface area contributed by atoms with Gasteiger partial charge in [-0.05, 0) is 13.0 Å². The van der Waals surface area contributed by atoms with Crippen LogP contribution in [0.15, 0.2) is 18.2 Å². The lowest BCUT2D eigenvalue weighted by Gasteiger charge is -2.42. The second-order valence-corrected chi connectivity index (χ2v) is 13.2. The molecule has 1 fully saturated rings. The number of benzene rings is 2. The zero-order valence-corrected chi connectivity index (χ0v) is 30.5. The second-order valence-electron chi connectivity index (χ2n) is 13.2. The predicted octanol–water partition coefficient (Wildman–Crippen LogP) is -0.696. The average Bonchev–Trinajstić information content (AvgIpc) is 3.16. The third-order valence-corrected chi connectivity index (χ3v) is 9.74. The van der Waals surface area contributed by atoms with Crippen LogP contribution in [0, 0.1) is 0 Å². The van der Waals surface area contributed by atoms with Gasteiger partial charge in [-0.2, -0.15) is 0 Å². The topological polar surface area (TPSA) is 281 Å². The molecule has 0 aromatic heterocycles. The molecule has 1 aliphatic heterocycles. The van der Waals surface area contributed by atoms with Gasteiger partial charge in [-0.3, -0.25) is 14.4 Å². The monoisotopic (exact) mass is 774 g/mol. The fourth-order valence-corrected chi connectivity index (χ4v) is 6.96. The molecule has 2 aliphatic carbocycles. The van der Waals surface area contributed by atoms with E-state index in [4.69, 9.17) is 23.7 Å². The van der Waals surface area contributed by atoms with E-state index in [1.807, 2.05) is 0 Å². The number of ketones is 3. The Morgan fingerprint density at radius 1 is 0.945 bits per heavy atom. The quantitative estimate of drug-likeness (QED) is 0.0682. The van der Waals surface area contributed by atoms with Crippen LogP contribution in [0.4, 0.5) is 9.59 Å². The number of urea groups is 2. The molecule has 3 aliphatic rings. The second kappa shape index (κ2) is 17.7. The maximum atomic E-state index is 13.9. The summed E-state index contributed by atoms with van der Waals surface area (Å²) in [6.07, 6.45) is -6.23. The van der Waals surface area contributed by atoms with Crippen LogP contribution in [0.25, 0.3) is 0 Å². The number of nitrogens with one attached hydrogen (secondary N) is 4. The van der Waals surface area contributed by atoms with Gasteiger partial charge in [0.25, 0.3) is 0 Å². The summed E-state index contributed by atoms with van der Waals surface area (Å²) in [5.74, 6) is -4.10. The Morgan fingerprint density at radius 2 is 1.60 bits per heavy atom. The molecule has 19 nitrogen and oxygen atoms in total. The van der Waals surface area contributed by atoms with E-state index in [0.29, 0.717) is 13.2 Å². The molecule has 0 spiro atoms. The van der Waals surface area contributed by atoms with Crippen LogP contribution < -0.4 is 26.0 Å². The molecule has 2 aromatic rings. The molecule has 55 heavy (non-hydrogen) atoms. The number of aliphatic hydroxyl groups excluding tert-OH is 2. The average molecular weight is 775 g/mol. The maximum Gasteiger partial charge on any atom is 0.315 e. The van der Waals surface area contributed by atoms with E-state index in [1.165, 1.54) is 39.3 Å². The molecule has 5 rings (SSSR count). The minimum Gasteiger partial charge on any atom is -0.507 e. The van der Waals surface area contributed by atoms with E-state index in [9.17, 15) is 49.5 Å². The number of carbonyl (C=O) groups is 5. The van der Waals surface area contributed by atoms with Gasteiger partial charge in [-0.25, -0.2) is 9.59 Å². The largest absolute Gasteiger partial charge is 0.507 e. The van der Waals surface area contributed by atoms with Crippen molar-refractivity contribution in [3.8, 4) is 17.2 Å². The number of amides is 4. The van der Waals surface area contributed by atoms with Crippen molar-refractivity contribution in [2.75, 3.05) is 60.3 Å². The molecule has 300 valence electrons. The van der Waals surface area contributed by atoms with Gasteiger partial charge >= 0.3 is 12.1 Å². The fourth-order valence-electron chi connectivity index (χ4n) is 6.96. The van der Waals surface area contributed by atoms with E-state index >= 15 is 0 Å². The number of hydrogen-bond acceptors (Lipinski definition) is 15. The number of methoxy groups -OCH3 is 1. The number of fused-ring (bicyclic) bond motifs is 3. The van der Waals surface area contributed by atoms with Crippen molar-refractivity contribution in [1.82, 2.24) is 21.3 Å². The predicted molar refractivity (Wildman–Crippen MR) is 188 cm³/mol. The highest BCUT2D eigenvalue weighted by Crippen LogP contribution is 2.52. The Hall–Kier alpha value is -4.89. The van der Waals surface area contributed by atoms with Gasteiger partial charge in [0.2, 0.25) is 5.78 Å². The Morgan fingerprint density at radius 3 is 2.24 bits per heavy atom. The summed E-state index contributed by atoms with van der Waals surface area (Å²) in [6, 6.07) is 2.40. The molecule has 2 unspecified atom stereocenters. The highest BCUT2D eigenvalue weighted by Gasteiger charge is 2.50. The van der Waals surface area contributed by atoms with Crippen LogP contribution >= 0.6 is 0 Å². The molecule has 1 heterocycles. The Kier molecular flexibility index (Phi) is 13.3. The van der Waals surface area contributed by atoms with Crippen molar-refractivity contribution in [2.45, 2.75) is 62.4 Å². The summed E-state index contributed by atoms with van der Waals surface area (Å²) in [6.45, 7) is 1.82. The number of phenolic OH excluding ortho intramolecular Hbond substituents is 2. The van der Waals surface area contributed by atoms with E-state index in [1.54, 1.807) is 0 Å². The zero-order chi connectivity index (χ0) is 40.0. The summed E-state index contributed by atoms with van der Waals surface area (Å²) in [5.41, 5.74) is -4.08. The molecule has 0 saturated carbocycles. The van der Waals surface area contributed by atoms with Crippen LogP contribution in [0.5, 0.6) is 17.2 Å². The molecular formula is C36H46N4O15. The van der Waals surface area contributed by atoms with E-state index in [0.717, 1.165) is 0 Å². The number of carbonyl (C=O) groups excluding carboxylic acids is 5. The van der Waals surface area contributed by atoms with Gasteiger partial charge in [-0.15, -0.1) is 0 Å². The first-order valence-corrected chi connectivity index (χ1v) is 17.6. The van der Waals surface area contributed by atoms with Crippen molar-refractivity contribution in [3.05, 3.63) is 51.6 Å². The number of aliphatic hydroxyl groups is 3. The number of aromatic hydroxyl groups is 2. The van der Waals surface area contributed by atoms with Gasteiger partial charge in [-0.1, -0.05) is 12.1 Å². The maximum absolute atomic E-state index is 13.9. The van der Waals surface area contributed by atoms with Gasteiger partial charge < -0.3 is 70.5 Å². The first-order chi connectivity index (χ1) is 26.3. The number of Topliss-reactive ketones (excluding diaryl/α,β-unsaturated/α-hetero) is 1. The number of rotatable bonds is 15. The van der Waals surface area contributed by atoms with Crippen molar-refractivity contribution >= 4 is 29.4 Å². The standard InChI is InChI=1S/C36H46N4O15/c1-17-29(43)20(40-35(49)39-8-10-53-12-11-52-9-7-38-34(48)37-2)13-24(54-17)55-22-15-36(50,23(42)16-41)14-19-26(22)33(47)28-27(31(19)45)30(44)18-5-4-6-21(51-3)25(18)32(28)46/h4-6,17,20,22,24,29,41,43,45,47,50H,7-16H2,1-3H3,(H2,37,38,48)(H2,39,40,49)/t17-,20?,22+,24?,29+,36+/m1/s1. The summed E-state index contributed by atoms with van der Waals surface area (Å²) in [7, 11) is 2.80. The molecule has 6 atom stereocenters. The molecule has 1 saturated heterocycles. The molecule has 4 amide bonds. The lowest BCUT2D eigenvalue weighted by atomic mass is 9.72. The van der Waals surface area contributed by atoms with Crippen molar-refractivity contribution in [2.24, 2.45) is 0 Å². The third-order valence-electron chi connectivity index (χ3n) is 9.74. The van der Waals surface area contributed by atoms with E-state index < -0.39 is 102 Å². The minimum atomic E-state index is -2.34. The highest BCUT2D eigenvalue weighted by atomic mass is 16.7. The zero-order valence-electron chi connectivity index (χ0n) is 30.5. The van der Waals surface area contributed by atoms with E-state index in [2.05, 4.69) is 21.3 Å². The van der Waals surface area contributed by atoms with Gasteiger partial charge in [0.1, 0.15) is 35.6 Å². The number of hydrogen-bond donors (Lipinski definition) is 9. The Bertz CT molecular complexity index is 1800. The Labute approximate surface area is 315 Å². The number of phenols is 2. The molecule has 9 N–H and O–H groups in total. The van der Waals surface area contributed by atoms with Crippen LogP contribution in [0.2, 0.25) is 0 Å². The highest BCUT2D eigenvalue weighted by molar-refractivity contribution is 6.31. The third kappa shape index (κ3) is 8.67. The van der Waals surface area contributed by atoms with Gasteiger partial charge in [0.05, 0.1) is 68.5 Å². The lowest BCUT2D eigenvalue weighted by Crippen LogP contribution is -2.57. The number of ether oxygens (including phenoxy) is 5. The normalized spacial score (nSPS) is 24.2. The fraction of sp³-hybridized carbons (Fsp3) is 0.528. The SMILES string of the molecule is CNC(=O)NCCOCCOCCNC(=O)NC1CC(O[C@H]2C[C@](O)(C(=O)CO)Cc3c(O)c4c(c(O)c32)C(=O)c2c(OC)cccc2C4=O)O[C@H](C)[C@@H]1O. The first-order valence-electron chi connectivity index (χ1n) is 17.6. The minimum absolute atomic E-state index is 0.0573. The molecule has 0 bridgehead atoms. The first kappa shape index (κ1) is 41.3. The summed E-state index contributed by atoms with van der Waals surface area (Å²) < 4.78 is 28.1. The van der Waals surface area contributed by atoms with Crippen LogP contribution in [-0.2, 0) is 30.2 Å². The van der Waals surface area contributed by atoms with Crippen LogP contribution in [0.3, 0.4) is 0 Å². The lowest BCUT2D eigenvalue weighted by molar-refractivity contribution is -0.249. The molecule has 0 radical (unpaired) electrons. The summed E-state index contributed by atoms with van der Waals surface area (Å²) in [4.78, 5) is 64.4. The van der Waals surface area contributed by atoms with Gasteiger partial charge in [0.15, 0.2) is 17.9 Å². The smallest absolute Gasteiger partial charge is 0.315 e. The summed E-state index contributed by atoms with van der Waals surface area (Å²) >= 11 is 0. The molecular weight excluding hydrogens is 728 g/mol. The molecule has 19 heteroatoms. The van der Waals surface area contributed by atoms with Crippen molar-refractivity contribution in [3.63, 3.8) is 0 Å². The van der Waals surface area contributed by atoms with Crippen LogP contribution in [0.1, 0.15) is 68.8 Å². The summed E-state index contributed by atoms with van der Waals surface area (Å²) in [5, 5.41) is 65.6.